The lowest BCUT2D eigenvalue weighted by Gasteiger charge is -2.24. The quantitative estimate of drug-likeness (QED) is 0.618. The molecule has 1 N–H and O–H groups in total. The van der Waals surface area contributed by atoms with Gasteiger partial charge in [-0.2, -0.15) is 0 Å². The zero-order valence-electron chi connectivity index (χ0n) is 8.08. The van der Waals surface area contributed by atoms with E-state index in [1.165, 1.54) is 32.8 Å². The standard InChI is InChI=1S/C10H17NO2/c1-13-10(12)9-6-7-4-2-3-5-8(7)11-9/h7-9,11H,2-6H2,1H3. The SMILES string of the molecule is COC(=O)C1CC2CCCCC2N1. The lowest BCUT2D eigenvalue weighted by atomic mass is 9.85. The summed E-state index contributed by atoms with van der Waals surface area (Å²) in [5.74, 6) is 0.632. The molecule has 0 aromatic carbocycles. The van der Waals surface area contributed by atoms with Gasteiger partial charge in [0.2, 0.25) is 0 Å². The van der Waals surface area contributed by atoms with Gasteiger partial charge in [-0.15, -0.1) is 0 Å². The summed E-state index contributed by atoms with van der Waals surface area (Å²) in [5.41, 5.74) is 0. The maximum Gasteiger partial charge on any atom is 0.322 e. The predicted molar refractivity (Wildman–Crippen MR) is 49.3 cm³/mol. The molecule has 1 saturated heterocycles. The van der Waals surface area contributed by atoms with E-state index in [9.17, 15) is 4.79 Å². The molecule has 2 rings (SSSR count). The summed E-state index contributed by atoms with van der Waals surface area (Å²) in [6.07, 6.45) is 6.14. The van der Waals surface area contributed by atoms with Crippen LogP contribution in [0.3, 0.4) is 0 Å². The van der Waals surface area contributed by atoms with E-state index in [0.29, 0.717) is 6.04 Å². The Balaban J connectivity index is 1.94. The summed E-state index contributed by atoms with van der Waals surface area (Å²) in [4.78, 5) is 11.3. The second-order valence-corrected chi connectivity index (χ2v) is 4.13. The highest BCUT2D eigenvalue weighted by Gasteiger charge is 2.38. The normalized spacial score (nSPS) is 38.4. The molecule has 13 heavy (non-hydrogen) atoms. The minimum Gasteiger partial charge on any atom is -0.468 e. The Bertz CT molecular complexity index is 191. The fourth-order valence-corrected chi connectivity index (χ4v) is 2.64. The number of carbonyl (C=O) groups excluding carboxylic acids is 1. The molecule has 0 amide bonds. The first-order chi connectivity index (χ1) is 6.31. The molecule has 0 aromatic heterocycles. The molecule has 1 saturated carbocycles. The Kier molecular flexibility index (Phi) is 2.54. The first kappa shape index (κ1) is 9.00. The van der Waals surface area contributed by atoms with Crippen molar-refractivity contribution in [2.45, 2.75) is 44.2 Å². The molecule has 3 nitrogen and oxygen atoms in total. The van der Waals surface area contributed by atoms with Crippen molar-refractivity contribution in [1.29, 1.82) is 0 Å². The van der Waals surface area contributed by atoms with E-state index in [1.807, 2.05) is 0 Å². The monoisotopic (exact) mass is 183 g/mol. The average Bonchev–Trinajstić information content (AvgIpc) is 2.59. The summed E-state index contributed by atoms with van der Waals surface area (Å²) >= 11 is 0. The van der Waals surface area contributed by atoms with Crippen molar-refractivity contribution in [2.75, 3.05) is 7.11 Å². The molecule has 1 aliphatic carbocycles. The largest absolute Gasteiger partial charge is 0.468 e. The molecular formula is C10H17NO2. The highest BCUT2D eigenvalue weighted by atomic mass is 16.5. The van der Waals surface area contributed by atoms with E-state index in [1.54, 1.807) is 0 Å². The van der Waals surface area contributed by atoms with Crippen LogP contribution in [0, 0.1) is 5.92 Å². The molecule has 0 bridgehead atoms. The number of esters is 1. The number of fused-ring (bicyclic) bond motifs is 1. The molecule has 3 unspecified atom stereocenters. The highest BCUT2D eigenvalue weighted by molar-refractivity contribution is 5.76. The first-order valence-corrected chi connectivity index (χ1v) is 5.15. The molecule has 3 atom stereocenters. The number of carbonyl (C=O) groups is 1. The molecule has 1 heterocycles. The number of methoxy groups -OCH3 is 1. The van der Waals surface area contributed by atoms with Gasteiger partial charge in [0.05, 0.1) is 7.11 Å². The van der Waals surface area contributed by atoms with Crippen LogP contribution in [0.4, 0.5) is 0 Å². The van der Waals surface area contributed by atoms with Gasteiger partial charge in [0.1, 0.15) is 6.04 Å². The summed E-state index contributed by atoms with van der Waals surface area (Å²) in [6, 6.07) is 0.552. The minimum absolute atomic E-state index is 0.0295. The van der Waals surface area contributed by atoms with Gasteiger partial charge in [-0.05, 0) is 25.2 Å². The number of ether oxygens (including phenoxy) is 1. The van der Waals surface area contributed by atoms with Crippen LogP contribution < -0.4 is 5.32 Å². The molecular weight excluding hydrogens is 166 g/mol. The number of rotatable bonds is 1. The predicted octanol–water partition coefficient (Wildman–Crippen LogP) is 1.08. The lowest BCUT2D eigenvalue weighted by molar-refractivity contribution is -0.142. The van der Waals surface area contributed by atoms with E-state index < -0.39 is 0 Å². The third kappa shape index (κ3) is 1.70. The Morgan fingerprint density at radius 3 is 2.85 bits per heavy atom. The van der Waals surface area contributed by atoms with Crippen molar-refractivity contribution < 1.29 is 9.53 Å². The van der Waals surface area contributed by atoms with Gasteiger partial charge >= 0.3 is 5.97 Å². The van der Waals surface area contributed by atoms with E-state index in [-0.39, 0.29) is 12.0 Å². The first-order valence-electron chi connectivity index (χ1n) is 5.15. The van der Waals surface area contributed by atoms with E-state index >= 15 is 0 Å². The van der Waals surface area contributed by atoms with Crippen LogP contribution in [-0.2, 0) is 9.53 Å². The van der Waals surface area contributed by atoms with Crippen LogP contribution in [0.15, 0.2) is 0 Å². The van der Waals surface area contributed by atoms with E-state index in [4.69, 9.17) is 4.74 Å². The molecule has 2 fully saturated rings. The van der Waals surface area contributed by atoms with Crippen LogP contribution in [0.1, 0.15) is 32.1 Å². The Morgan fingerprint density at radius 2 is 2.15 bits per heavy atom. The number of hydrogen-bond donors (Lipinski definition) is 1. The summed E-state index contributed by atoms with van der Waals surface area (Å²) in [5, 5.41) is 3.37. The second-order valence-electron chi connectivity index (χ2n) is 4.13. The zero-order chi connectivity index (χ0) is 9.26. The highest BCUT2D eigenvalue weighted by Crippen LogP contribution is 2.33. The Morgan fingerprint density at radius 1 is 1.38 bits per heavy atom. The number of nitrogens with one attached hydrogen (secondary N) is 1. The molecule has 2 aliphatic rings. The van der Waals surface area contributed by atoms with Crippen LogP contribution in [-0.4, -0.2) is 25.2 Å². The fourth-order valence-electron chi connectivity index (χ4n) is 2.64. The van der Waals surface area contributed by atoms with Crippen molar-refractivity contribution in [3.8, 4) is 0 Å². The molecule has 0 radical (unpaired) electrons. The van der Waals surface area contributed by atoms with E-state index in [2.05, 4.69) is 5.32 Å². The smallest absolute Gasteiger partial charge is 0.322 e. The lowest BCUT2D eigenvalue weighted by Crippen LogP contribution is -2.37. The van der Waals surface area contributed by atoms with Crippen LogP contribution in [0.5, 0.6) is 0 Å². The van der Waals surface area contributed by atoms with Crippen LogP contribution >= 0.6 is 0 Å². The van der Waals surface area contributed by atoms with Gasteiger partial charge in [0.15, 0.2) is 0 Å². The van der Waals surface area contributed by atoms with Crippen molar-refractivity contribution >= 4 is 5.97 Å². The van der Waals surface area contributed by atoms with Crippen molar-refractivity contribution in [3.63, 3.8) is 0 Å². The van der Waals surface area contributed by atoms with Gasteiger partial charge in [-0.1, -0.05) is 12.8 Å². The topological polar surface area (TPSA) is 38.3 Å². The Hall–Kier alpha value is -0.570. The molecule has 74 valence electrons. The Labute approximate surface area is 78.8 Å². The number of hydrogen-bond acceptors (Lipinski definition) is 3. The molecule has 3 heteroatoms. The van der Waals surface area contributed by atoms with Crippen molar-refractivity contribution in [2.24, 2.45) is 5.92 Å². The zero-order valence-corrected chi connectivity index (χ0v) is 8.08. The summed E-state index contributed by atoms with van der Waals surface area (Å²) in [7, 11) is 1.46. The molecule has 1 aliphatic heterocycles. The second kappa shape index (κ2) is 3.66. The van der Waals surface area contributed by atoms with Gasteiger partial charge in [0.25, 0.3) is 0 Å². The van der Waals surface area contributed by atoms with Crippen LogP contribution in [0.2, 0.25) is 0 Å². The average molecular weight is 183 g/mol. The third-order valence-electron chi connectivity index (χ3n) is 3.35. The maximum atomic E-state index is 11.3. The van der Waals surface area contributed by atoms with Gasteiger partial charge in [-0.25, -0.2) is 0 Å². The molecule has 0 aromatic rings. The van der Waals surface area contributed by atoms with E-state index in [0.717, 1.165) is 12.3 Å². The van der Waals surface area contributed by atoms with Crippen LogP contribution in [0.25, 0.3) is 0 Å². The maximum absolute atomic E-state index is 11.3. The van der Waals surface area contributed by atoms with Crippen molar-refractivity contribution in [3.05, 3.63) is 0 Å². The molecule has 0 spiro atoms. The fraction of sp³-hybridized carbons (Fsp3) is 0.900. The van der Waals surface area contributed by atoms with Gasteiger partial charge in [-0.3, -0.25) is 4.79 Å². The summed E-state index contributed by atoms with van der Waals surface area (Å²) < 4.78 is 4.74. The minimum atomic E-state index is -0.0885. The van der Waals surface area contributed by atoms with Crippen molar-refractivity contribution in [1.82, 2.24) is 5.32 Å². The summed E-state index contributed by atoms with van der Waals surface area (Å²) in [6.45, 7) is 0. The van der Waals surface area contributed by atoms with Gasteiger partial charge in [0, 0.05) is 6.04 Å². The van der Waals surface area contributed by atoms with Gasteiger partial charge < -0.3 is 10.1 Å². The third-order valence-corrected chi connectivity index (χ3v) is 3.35.